The van der Waals surface area contributed by atoms with Gasteiger partial charge >= 0.3 is 0 Å². The first-order chi connectivity index (χ1) is 12.6. The minimum absolute atomic E-state index is 0. The standard InChI is InChI=1S/C19H26N4O3.2ClH/c1-23-8-7-21-18(23)17(22-19(24)13-5-4-6-20-12-13)14-9-15(25-2)11-16(10-14)26-3;;/h7-11,13,17,20H,4-6,12H2,1-3H3,(H,22,24);2*1H. The third-order valence-electron chi connectivity index (χ3n) is 4.78. The van der Waals surface area contributed by atoms with Crippen molar-refractivity contribution in [3.8, 4) is 11.5 Å². The minimum Gasteiger partial charge on any atom is -0.497 e. The second-order valence-corrected chi connectivity index (χ2v) is 6.53. The van der Waals surface area contributed by atoms with Gasteiger partial charge in [-0.25, -0.2) is 4.98 Å². The zero-order valence-electron chi connectivity index (χ0n) is 16.3. The lowest BCUT2D eigenvalue weighted by atomic mass is 9.97. The fraction of sp³-hybridized carbons (Fsp3) is 0.474. The van der Waals surface area contributed by atoms with Crippen LogP contribution in [0.4, 0.5) is 0 Å². The van der Waals surface area contributed by atoms with Gasteiger partial charge in [0.2, 0.25) is 5.91 Å². The monoisotopic (exact) mass is 430 g/mol. The summed E-state index contributed by atoms with van der Waals surface area (Å²) in [4.78, 5) is 17.3. The molecular formula is C19H28Cl2N4O3. The summed E-state index contributed by atoms with van der Waals surface area (Å²) in [6.45, 7) is 1.68. The molecule has 0 spiro atoms. The van der Waals surface area contributed by atoms with Crippen LogP contribution >= 0.6 is 24.8 Å². The van der Waals surface area contributed by atoms with Crippen molar-refractivity contribution >= 4 is 30.7 Å². The molecule has 156 valence electrons. The lowest BCUT2D eigenvalue weighted by molar-refractivity contribution is -0.126. The largest absolute Gasteiger partial charge is 0.497 e. The Balaban J connectivity index is 0.00000196. The Morgan fingerprint density at radius 1 is 1.25 bits per heavy atom. The van der Waals surface area contributed by atoms with Crippen LogP contribution in [0.3, 0.4) is 0 Å². The van der Waals surface area contributed by atoms with E-state index in [-0.39, 0.29) is 42.7 Å². The van der Waals surface area contributed by atoms with E-state index >= 15 is 0 Å². The molecule has 0 saturated carbocycles. The van der Waals surface area contributed by atoms with Gasteiger partial charge in [0.25, 0.3) is 0 Å². The van der Waals surface area contributed by atoms with E-state index in [0.29, 0.717) is 18.0 Å². The molecule has 0 radical (unpaired) electrons. The van der Waals surface area contributed by atoms with Crippen molar-refractivity contribution in [1.82, 2.24) is 20.2 Å². The number of hydrogen-bond acceptors (Lipinski definition) is 5. The van der Waals surface area contributed by atoms with Crippen LogP contribution in [0.25, 0.3) is 0 Å². The van der Waals surface area contributed by atoms with Crippen molar-refractivity contribution in [3.05, 3.63) is 42.0 Å². The average molecular weight is 431 g/mol. The van der Waals surface area contributed by atoms with Crippen LogP contribution in [0.5, 0.6) is 11.5 Å². The summed E-state index contributed by atoms with van der Waals surface area (Å²) in [5, 5.41) is 6.47. The molecule has 1 fully saturated rings. The van der Waals surface area contributed by atoms with Crippen LogP contribution in [-0.4, -0.2) is 42.8 Å². The van der Waals surface area contributed by atoms with E-state index in [4.69, 9.17) is 9.47 Å². The van der Waals surface area contributed by atoms with Crippen molar-refractivity contribution in [2.24, 2.45) is 13.0 Å². The number of halogens is 2. The number of hydrogen-bond donors (Lipinski definition) is 2. The second kappa shape index (κ2) is 11.1. The van der Waals surface area contributed by atoms with Gasteiger partial charge in [0, 0.05) is 32.1 Å². The molecule has 0 aliphatic carbocycles. The van der Waals surface area contributed by atoms with E-state index in [1.807, 2.05) is 36.0 Å². The number of aromatic nitrogens is 2. The molecule has 1 saturated heterocycles. The van der Waals surface area contributed by atoms with E-state index in [1.165, 1.54) is 0 Å². The molecular weight excluding hydrogens is 403 g/mol. The van der Waals surface area contributed by atoms with Crippen LogP contribution in [0.2, 0.25) is 0 Å². The number of nitrogens with zero attached hydrogens (tertiary/aromatic N) is 2. The van der Waals surface area contributed by atoms with Crippen molar-refractivity contribution < 1.29 is 14.3 Å². The molecule has 2 N–H and O–H groups in total. The Kier molecular flexibility index (Phi) is 9.58. The van der Waals surface area contributed by atoms with Gasteiger partial charge in [-0.1, -0.05) is 0 Å². The van der Waals surface area contributed by atoms with Gasteiger partial charge in [-0.05, 0) is 37.1 Å². The van der Waals surface area contributed by atoms with Crippen LogP contribution < -0.4 is 20.1 Å². The minimum atomic E-state index is -0.381. The van der Waals surface area contributed by atoms with Crippen LogP contribution in [0.1, 0.15) is 30.3 Å². The molecule has 1 amide bonds. The maximum Gasteiger partial charge on any atom is 0.225 e. The predicted molar refractivity (Wildman–Crippen MR) is 113 cm³/mol. The summed E-state index contributed by atoms with van der Waals surface area (Å²) < 4.78 is 12.7. The molecule has 7 nitrogen and oxygen atoms in total. The molecule has 28 heavy (non-hydrogen) atoms. The second-order valence-electron chi connectivity index (χ2n) is 6.53. The molecule has 1 aliphatic rings. The van der Waals surface area contributed by atoms with Crippen LogP contribution in [-0.2, 0) is 11.8 Å². The Labute approximate surface area is 178 Å². The van der Waals surface area contributed by atoms with Gasteiger partial charge in [-0.3, -0.25) is 4.79 Å². The lowest BCUT2D eigenvalue weighted by Crippen LogP contribution is -2.42. The number of piperidine rings is 1. The first kappa shape index (κ1) is 24.1. The number of ether oxygens (including phenoxy) is 2. The highest BCUT2D eigenvalue weighted by Crippen LogP contribution is 2.30. The molecule has 2 aromatic rings. The summed E-state index contributed by atoms with van der Waals surface area (Å²) in [7, 11) is 5.14. The third-order valence-corrected chi connectivity index (χ3v) is 4.78. The van der Waals surface area contributed by atoms with Gasteiger partial charge < -0.3 is 24.7 Å². The Morgan fingerprint density at radius 3 is 2.43 bits per heavy atom. The quantitative estimate of drug-likeness (QED) is 0.735. The molecule has 0 bridgehead atoms. The smallest absolute Gasteiger partial charge is 0.225 e. The molecule has 2 unspecified atom stereocenters. The van der Waals surface area contributed by atoms with E-state index in [2.05, 4.69) is 15.6 Å². The number of amides is 1. The first-order valence-electron chi connectivity index (χ1n) is 8.83. The molecule has 2 heterocycles. The maximum atomic E-state index is 12.8. The molecule has 1 aromatic heterocycles. The highest BCUT2D eigenvalue weighted by molar-refractivity contribution is 5.85. The van der Waals surface area contributed by atoms with Gasteiger partial charge in [-0.2, -0.15) is 0 Å². The lowest BCUT2D eigenvalue weighted by Gasteiger charge is -2.26. The number of methoxy groups -OCH3 is 2. The fourth-order valence-electron chi connectivity index (χ4n) is 3.28. The average Bonchev–Trinajstić information content (AvgIpc) is 3.11. The number of carbonyl (C=O) groups excluding carboxylic acids is 1. The topological polar surface area (TPSA) is 77.4 Å². The van der Waals surface area contributed by atoms with Crippen molar-refractivity contribution in [1.29, 1.82) is 0 Å². The molecule has 2 atom stereocenters. The van der Waals surface area contributed by atoms with E-state index in [0.717, 1.165) is 30.8 Å². The maximum absolute atomic E-state index is 12.8. The Bertz CT molecular complexity index is 741. The molecule has 1 aliphatic heterocycles. The zero-order chi connectivity index (χ0) is 18.5. The number of benzene rings is 1. The van der Waals surface area contributed by atoms with Gasteiger partial charge in [0.15, 0.2) is 0 Å². The predicted octanol–water partition coefficient (Wildman–Crippen LogP) is 2.49. The van der Waals surface area contributed by atoms with E-state index in [1.54, 1.807) is 20.4 Å². The number of aryl methyl sites for hydroxylation is 1. The Morgan fingerprint density at radius 2 is 1.93 bits per heavy atom. The third kappa shape index (κ3) is 5.53. The number of nitrogens with one attached hydrogen (secondary N) is 2. The fourth-order valence-corrected chi connectivity index (χ4v) is 3.28. The summed E-state index contributed by atoms with van der Waals surface area (Å²) in [5.74, 6) is 2.11. The number of imidazole rings is 1. The molecule has 1 aromatic carbocycles. The van der Waals surface area contributed by atoms with Crippen molar-refractivity contribution in [2.45, 2.75) is 18.9 Å². The number of rotatable bonds is 6. The van der Waals surface area contributed by atoms with E-state index in [9.17, 15) is 4.79 Å². The highest BCUT2D eigenvalue weighted by atomic mass is 35.5. The van der Waals surface area contributed by atoms with Gasteiger partial charge in [0.05, 0.1) is 20.1 Å². The summed E-state index contributed by atoms with van der Waals surface area (Å²) in [6.07, 6.45) is 5.51. The highest BCUT2D eigenvalue weighted by Gasteiger charge is 2.27. The van der Waals surface area contributed by atoms with Gasteiger partial charge in [-0.15, -0.1) is 24.8 Å². The van der Waals surface area contributed by atoms with Crippen molar-refractivity contribution in [2.75, 3.05) is 27.3 Å². The van der Waals surface area contributed by atoms with Gasteiger partial charge in [0.1, 0.15) is 23.4 Å². The summed E-state index contributed by atoms with van der Waals surface area (Å²) in [6, 6.07) is 5.24. The number of carbonyl (C=O) groups is 1. The zero-order valence-corrected chi connectivity index (χ0v) is 17.9. The molecule has 9 heteroatoms. The van der Waals surface area contributed by atoms with Crippen LogP contribution in [0, 0.1) is 5.92 Å². The van der Waals surface area contributed by atoms with Crippen molar-refractivity contribution in [3.63, 3.8) is 0 Å². The normalized spacial score (nSPS) is 16.9. The molecule has 3 rings (SSSR count). The summed E-state index contributed by atoms with van der Waals surface area (Å²) >= 11 is 0. The van der Waals surface area contributed by atoms with Crippen LogP contribution in [0.15, 0.2) is 30.6 Å². The van der Waals surface area contributed by atoms with E-state index < -0.39 is 0 Å². The summed E-state index contributed by atoms with van der Waals surface area (Å²) in [5.41, 5.74) is 0.868. The SMILES string of the molecule is COc1cc(OC)cc(C(NC(=O)C2CCCNC2)c2nccn2C)c1.Cl.Cl. The first-order valence-corrected chi connectivity index (χ1v) is 8.83. The Hall–Kier alpha value is -1.96.